The first-order valence-electron chi connectivity index (χ1n) is 7.70. The summed E-state index contributed by atoms with van der Waals surface area (Å²) in [5, 5.41) is 0. The van der Waals surface area contributed by atoms with E-state index in [2.05, 4.69) is 37.3 Å². The minimum Gasteiger partial charge on any atom is -0.399 e. The van der Waals surface area contributed by atoms with E-state index in [1.54, 1.807) is 0 Å². The van der Waals surface area contributed by atoms with Gasteiger partial charge in [-0.3, -0.25) is 0 Å². The summed E-state index contributed by atoms with van der Waals surface area (Å²) < 4.78 is 0. The van der Waals surface area contributed by atoms with E-state index in [1.165, 1.54) is 54.4 Å². The fourth-order valence-electron chi connectivity index (χ4n) is 3.38. The Hall–Kier alpha value is -1.76. The summed E-state index contributed by atoms with van der Waals surface area (Å²) in [6.45, 7) is 2.13. The molecule has 0 aliphatic heterocycles. The maximum absolute atomic E-state index is 5.83. The fourth-order valence-corrected chi connectivity index (χ4v) is 3.38. The van der Waals surface area contributed by atoms with Crippen molar-refractivity contribution >= 4 is 5.69 Å². The lowest BCUT2D eigenvalue weighted by Gasteiger charge is -2.22. The lowest BCUT2D eigenvalue weighted by molar-refractivity contribution is 0.443. The highest BCUT2D eigenvalue weighted by molar-refractivity contribution is 5.69. The minimum absolute atomic E-state index is 0.783. The third-order valence-corrected chi connectivity index (χ3v) is 4.55. The van der Waals surface area contributed by atoms with Crippen molar-refractivity contribution in [2.75, 3.05) is 5.73 Å². The molecule has 0 heterocycles. The summed E-state index contributed by atoms with van der Waals surface area (Å²) >= 11 is 0. The van der Waals surface area contributed by atoms with Crippen LogP contribution in [0.2, 0.25) is 0 Å². The first-order valence-corrected chi connectivity index (χ1v) is 7.70. The van der Waals surface area contributed by atoms with Crippen LogP contribution in [-0.4, -0.2) is 0 Å². The Morgan fingerprint density at radius 3 is 2.25 bits per heavy atom. The van der Waals surface area contributed by atoms with Gasteiger partial charge in [0.05, 0.1) is 0 Å². The third kappa shape index (κ3) is 2.72. The number of benzene rings is 2. The first-order chi connectivity index (χ1) is 9.74. The Bertz CT molecular complexity index is 577. The lowest BCUT2D eigenvalue weighted by Crippen LogP contribution is -2.04. The van der Waals surface area contributed by atoms with Crippen LogP contribution in [-0.2, 0) is 0 Å². The molecule has 1 aliphatic rings. The molecule has 1 nitrogen and oxygen atoms in total. The van der Waals surface area contributed by atoms with E-state index in [1.807, 2.05) is 12.1 Å². The van der Waals surface area contributed by atoms with E-state index < -0.39 is 0 Å². The van der Waals surface area contributed by atoms with Gasteiger partial charge in [-0.15, -0.1) is 0 Å². The standard InChI is InChI=1S/C19H23N/c1-14-13-18(20)11-12-19(14)17-9-7-16(8-10-17)15-5-3-2-4-6-15/h7-13,15H,2-6,20H2,1H3. The zero-order valence-corrected chi connectivity index (χ0v) is 12.2. The lowest BCUT2D eigenvalue weighted by atomic mass is 9.83. The summed E-state index contributed by atoms with van der Waals surface area (Å²) in [5.74, 6) is 0.783. The second kappa shape index (κ2) is 5.70. The molecule has 104 valence electrons. The van der Waals surface area contributed by atoms with Crippen LogP contribution in [0.15, 0.2) is 42.5 Å². The van der Waals surface area contributed by atoms with Crippen LogP contribution in [0.25, 0.3) is 11.1 Å². The molecule has 0 spiro atoms. The van der Waals surface area contributed by atoms with E-state index in [9.17, 15) is 0 Å². The molecular weight excluding hydrogens is 242 g/mol. The van der Waals surface area contributed by atoms with Gasteiger partial charge in [-0.25, -0.2) is 0 Å². The normalized spacial score (nSPS) is 16.2. The Morgan fingerprint density at radius 1 is 0.900 bits per heavy atom. The molecule has 1 saturated carbocycles. The van der Waals surface area contributed by atoms with Crippen molar-refractivity contribution in [2.24, 2.45) is 0 Å². The Labute approximate surface area is 121 Å². The second-order valence-corrected chi connectivity index (χ2v) is 6.03. The van der Waals surface area contributed by atoms with Crippen LogP contribution in [0.1, 0.15) is 49.1 Å². The van der Waals surface area contributed by atoms with Crippen LogP contribution in [0.3, 0.4) is 0 Å². The highest BCUT2D eigenvalue weighted by Crippen LogP contribution is 2.34. The van der Waals surface area contributed by atoms with E-state index in [-0.39, 0.29) is 0 Å². The van der Waals surface area contributed by atoms with Crippen molar-refractivity contribution in [3.63, 3.8) is 0 Å². The summed E-state index contributed by atoms with van der Waals surface area (Å²) in [6.07, 6.45) is 6.92. The van der Waals surface area contributed by atoms with Crippen molar-refractivity contribution < 1.29 is 0 Å². The average Bonchev–Trinajstić information content (AvgIpc) is 2.48. The largest absolute Gasteiger partial charge is 0.399 e. The topological polar surface area (TPSA) is 26.0 Å². The predicted molar refractivity (Wildman–Crippen MR) is 86.9 cm³/mol. The molecule has 2 N–H and O–H groups in total. The number of hydrogen-bond donors (Lipinski definition) is 1. The molecule has 2 aromatic carbocycles. The summed E-state index contributed by atoms with van der Waals surface area (Å²) in [6, 6.07) is 15.3. The van der Waals surface area contributed by atoms with Crippen molar-refractivity contribution in [3.05, 3.63) is 53.6 Å². The highest BCUT2D eigenvalue weighted by Gasteiger charge is 2.15. The van der Waals surface area contributed by atoms with Gasteiger partial charge in [0.1, 0.15) is 0 Å². The second-order valence-electron chi connectivity index (χ2n) is 6.03. The molecule has 1 heteroatoms. The number of nitrogens with two attached hydrogens (primary N) is 1. The SMILES string of the molecule is Cc1cc(N)ccc1-c1ccc(C2CCCCC2)cc1. The minimum atomic E-state index is 0.783. The number of aryl methyl sites for hydroxylation is 1. The predicted octanol–water partition coefficient (Wildman–Crippen LogP) is 5.29. The maximum atomic E-state index is 5.83. The molecule has 0 atom stereocenters. The molecule has 0 aromatic heterocycles. The van der Waals surface area contributed by atoms with E-state index in [4.69, 9.17) is 5.73 Å². The molecule has 0 amide bonds. The zero-order chi connectivity index (χ0) is 13.9. The number of hydrogen-bond acceptors (Lipinski definition) is 1. The van der Waals surface area contributed by atoms with Crippen LogP contribution >= 0.6 is 0 Å². The van der Waals surface area contributed by atoms with Crippen LogP contribution < -0.4 is 5.73 Å². The first kappa shape index (κ1) is 13.2. The van der Waals surface area contributed by atoms with E-state index >= 15 is 0 Å². The number of anilines is 1. The van der Waals surface area contributed by atoms with Crippen molar-refractivity contribution in [3.8, 4) is 11.1 Å². The van der Waals surface area contributed by atoms with Crippen molar-refractivity contribution in [1.82, 2.24) is 0 Å². The quantitative estimate of drug-likeness (QED) is 0.733. The highest BCUT2D eigenvalue weighted by atomic mass is 14.5. The third-order valence-electron chi connectivity index (χ3n) is 4.55. The van der Waals surface area contributed by atoms with E-state index in [0.717, 1.165) is 11.6 Å². The zero-order valence-electron chi connectivity index (χ0n) is 12.2. The molecule has 1 fully saturated rings. The molecule has 0 unspecified atom stereocenters. The average molecular weight is 265 g/mol. The molecule has 2 aromatic rings. The smallest absolute Gasteiger partial charge is 0.0317 e. The molecule has 0 radical (unpaired) electrons. The van der Waals surface area contributed by atoms with E-state index in [0.29, 0.717) is 0 Å². The van der Waals surface area contributed by atoms with Crippen molar-refractivity contribution in [2.45, 2.75) is 44.9 Å². The molecule has 20 heavy (non-hydrogen) atoms. The van der Waals surface area contributed by atoms with Gasteiger partial charge in [0.2, 0.25) is 0 Å². The summed E-state index contributed by atoms with van der Waals surface area (Å²) in [4.78, 5) is 0. The molecule has 3 rings (SSSR count). The number of rotatable bonds is 2. The van der Waals surface area contributed by atoms with Crippen molar-refractivity contribution in [1.29, 1.82) is 0 Å². The van der Waals surface area contributed by atoms with Gasteiger partial charge in [0, 0.05) is 5.69 Å². The summed E-state index contributed by atoms with van der Waals surface area (Å²) in [5.41, 5.74) is 12.0. The maximum Gasteiger partial charge on any atom is 0.0317 e. The van der Waals surface area contributed by atoms with Gasteiger partial charge >= 0.3 is 0 Å². The Balaban J connectivity index is 1.85. The monoisotopic (exact) mass is 265 g/mol. The fraction of sp³-hybridized carbons (Fsp3) is 0.368. The van der Waals surface area contributed by atoms with Gasteiger partial charge in [-0.05, 0) is 60.1 Å². The van der Waals surface area contributed by atoms with Crippen LogP contribution in [0.5, 0.6) is 0 Å². The summed E-state index contributed by atoms with van der Waals surface area (Å²) in [7, 11) is 0. The molecule has 1 aliphatic carbocycles. The van der Waals surface area contributed by atoms with Crippen LogP contribution in [0, 0.1) is 6.92 Å². The molecule has 0 bridgehead atoms. The van der Waals surface area contributed by atoms with Gasteiger partial charge in [0.25, 0.3) is 0 Å². The van der Waals surface area contributed by atoms with Gasteiger partial charge in [-0.1, -0.05) is 49.6 Å². The van der Waals surface area contributed by atoms with Gasteiger partial charge < -0.3 is 5.73 Å². The van der Waals surface area contributed by atoms with Gasteiger partial charge in [0.15, 0.2) is 0 Å². The van der Waals surface area contributed by atoms with Crippen LogP contribution in [0.4, 0.5) is 5.69 Å². The Morgan fingerprint density at radius 2 is 1.60 bits per heavy atom. The molecule has 0 saturated heterocycles. The number of nitrogen functional groups attached to an aromatic ring is 1. The van der Waals surface area contributed by atoms with Gasteiger partial charge in [-0.2, -0.15) is 0 Å². The Kier molecular flexibility index (Phi) is 3.77. The molecular formula is C19H23N.